The van der Waals surface area contributed by atoms with Gasteiger partial charge in [0.1, 0.15) is 0 Å². The predicted octanol–water partition coefficient (Wildman–Crippen LogP) is 1.25. The van der Waals surface area contributed by atoms with Gasteiger partial charge in [-0.2, -0.15) is 0 Å². The molecule has 1 aliphatic heterocycles. The molecule has 0 aromatic heterocycles. The van der Waals surface area contributed by atoms with E-state index in [1.165, 1.54) is 4.90 Å². The van der Waals surface area contributed by atoms with E-state index in [-0.39, 0.29) is 12.0 Å². The number of carbonyl (C=O) groups excluding carboxylic acids is 1. The summed E-state index contributed by atoms with van der Waals surface area (Å²) in [6.07, 6.45) is 1.12. The van der Waals surface area contributed by atoms with Crippen LogP contribution in [0.2, 0.25) is 0 Å². The predicted molar refractivity (Wildman–Crippen MR) is 53.5 cm³/mol. The van der Waals surface area contributed by atoms with Crippen LogP contribution in [0.3, 0.4) is 0 Å². The lowest BCUT2D eigenvalue weighted by Gasteiger charge is -2.29. The molecule has 1 amide bonds. The highest BCUT2D eigenvalue weighted by molar-refractivity contribution is 5.89. The normalized spacial score (nSPS) is 20.8. The minimum atomic E-state index is -0.957. The van der Waals surface area contributed by atoms with Gasteiger partial charge in [-0.1, -0.05) is 6.08 Å². The van der Waals surface area contributed by atoms with Crippen molar-refractivity contribution in [2.75, 3.05) is 13.2 Å². The monoisotopic (exact) mass is 213 g/mol. The molecule has 0 saturated heterocycles. The van der Waals surface area contributed by atoms with Crippen molar-refractivity contribution in [1.82, 2.24) is 4.90 Å². The van der Waals surface area contributed by atoms with Gasteiger partial charge in [-0.3, -0.25) is 0 Å². The minimum absolute atomic E-state index is 0.268. The van der Waals surface area contributed by atoms with Crippen molar-refractivity contribution in [2.24, 2.45) is 0 Å². The molecule has 1 N–H and O–H groups in total. The largest absolute Gasteiger partial charge is 0.465 e. The van der Waals surface area contributed by atoms with E-state index >= 15 is 0 Å². The van der Waals surface area contributed by atoms with Gasteiger partial charge >= 0.3 is 12.1 Å². The van der Waals surface area contributed by atoms with Crippen LogP contribution in [0.1, 0.15) is 20.3 Å². The highest BCUT2D eigenvalue weighted by atomic mass is 16.5. The van der Waals surface area contributed by atoms with E-state index in [1.54, 1.807) is 19.9 Å². The summed E-state index contributed by atoms with van der Waals surface area (Å²) in [5.41, 5.74) is 0.571. The summed E-state index contributed by atoms with van der Waals surface area (Å²) < 4.78 is 4.85. The molecule has 1 atom stereocenters. The Morgan fingerprint density at radius 1 is 1.67 bits per heavy atom. The topological polar surface area (TPSA) is 66.8 Å². The fourth-order valence-electron chi connectivity index (χ4n) is 1.57. The molecule has 15 heavy (non-hydrogen) atoms. The number of amides is 1. The molecule has 0 saturated carbocycles. The Bertz CT molecular complexity index is 298. The average Bonchev–Trinajstić information content (AvgIpc) is 2.17. The van der Waals surface area contributed by atoms with Gasteiger partial charge in [-0.15, -0.1) is 0 Å². The third kappa shape index (κ3) is 2.71. The quantitative estimate of drug-likeness (QED) is 0.701. The van der Waals surface area contributed by atoms with E-state index in [1.807, 2.05) is 0 Å². The van der Waals surface area contributed by atoms with Crippen LogP contribution in [0.15, 0.2) is 11.6 Å². The van der Waals surface area contributed by atoms with Gasteiger partial charge in [0.2, 0.25) is 0 Å². The first kappa shape index (κ1) is 11.6. The molecule has 84 valence electrons. The van der Waals surface area contributed by atoms with Crippen LogP contribution in [0.25, 0.3) is 0 Å². The zero-order chi connectivity index (χ0) is 11.4. The van der Waals surface area contributed by atoms with Crippen molar-refractivity contribution in [1.29, 1.82) is 0 Å². The van der Waals surface area contributed by atoms with Crippen LogP contribution in [0.4, 0.5) is 4.79 Å². The van der Waals surface area contributed by atoms with Crippen LogP contribution in [0.5, 0.6) is 0 Å². The number of hydrogen-bond acceptors (Lipinski definition) is 3. The minimum Gasteiger partial charge on any atom is -0.465 e. The van der Waals surface area contributed by atoms with E-state index in [4.69, 9.17) is 9.84 Å². The summed E-state index contributed by atoms with van der Waals surface area (Å²) in [6.45, 7) is 4.18. The zero-order valence-corrected chi connectivity index (χ0v) is 8.90. The van der Waals surface area contributed by atoms with Gasteiger partial charge in [0.05, 0.1) is 12.6 Å². The Hall–Kier alpha value is -1.52. The third-order valence-corrected chi connectivity index (χ3v) is 2.34. The van der Waals surface area contributed by atoms with Crippen LogP contribution in [-0.2, 0) is 9.53 Å². The van der Waals surface area contributed by atoms with Crippen LogP contribution in [0, 0.1) is 0 Å². The smallest absolute Gasteiger partial charge is 0.407 e. The van der Waals surface area contributed by atoms with Crippen molar-refractivity contribution < 1.29 is 19.4 Å². The first-order chi connectivity index (χ1) is 7.06. The maximum atomic E-state index is 11.4. The van der Waals surface area contributed by atoms with Crippen molar-refractivity contribution in [3.05, 3.63) is 11.6 Å². The molecule has 0 bridgehead atoms. The van der Waals surface area contributed by atoms with Gasteiger partial charge in [0.25, 0.3) is 0 Å². The first-order valence-electron chi connectivity index (χ1n) is 4.93. The van der Waals surface area contributed by atoms with Crippen LogP contribution < -0.4 is 0 Å². The number of carboxylic acid groups (broad SMARTS) is 1. The van der Waals surface area contributed by atoms with E-state index in [0.717, 1.165) is 0 Å². The summed E-state index contributed by atoms with van der Waals surface area (Å²) in [4.78, 5) is 23.4. The lowest BCUT2D eigenvalue weighted by Crippen LogP contribution is -2.40. The highest BCUT2D eigenvalue weighted by Crippen LogP contribution is 2.17. The maximum Gasteiger partial charge on any atom is 0.407 e. The van der Waals surface area contributed by atoms with Gasteiger partial charge in [0, 0.05) is 12.1 Å². The fourth-order valence-corrected chi connectivity index (χ4v) is 1.57. The molecule has 5 nitrogen and oxygen atoms in total. The summed E-state index contributed by atoms with van der Waals surface area (Å²) in [6, 6.07) is -0.268. The second kappa shape index (κ2) is 4.82. The van der Waals surface area contributed by atoms with Crippen LogP contribution in [-0.4, -0.2) is 41.3 Å². The van der Waals surface area contributed by atoms with Gasteiger partial charge < -0.3 is 14.7 Å². The SMILES string of the molecule is CCOC(=O)C1=C[C@H](C)N(C(=O)O)CC1. The van der Waals surface area contributed by atoms with Gasteiger partial charge in [-0.25, -0.2) is 9.59 Å². The Kier molecular flexibility index (Phi) is 3.71. The molecule has 0 unspecified atom stereocenters. The molecule has 1 heterocycles. The second-order valence-electron chi connectivity index (χ2n) is 3.38. The first-order valence-corrected chi connectivity index (χ1v) is 4.93. The number of nitrogens with zero attached hydrogens (tertiary/aromatic N) is 1. The van der Waals surface area contributed by atoms with Crippen molar-refractivity contribution in [2.45, 2.75) is 26.3 Å². The molecular weight excluding hydrogens is 198 g/mol. The summed E-state index contributed by atoms with van der Waals surface area (Å²) >= 11 is 0. The lowest BCUT2D eigenvalue weighted by molar-refractivity contribution is -0.138. The van der Waals surface area contributed by atoms with E-state index < -0.39 is 6.09 Å². The zero-order valence-electron chi connectivity index (χ0n) is 8.90. The molecule has 0 aromatic carbocycles. The Morgan fingerprint density at radius 3 is 2.80 bits per heavy atom. The van der Waals surface area contributed by atoms with Gasteiger partial charge in [0.15, 0.2) is 0 Å². The Morgan fingerprint density at radius 2 is 2.33 bits per heavy atom. The maximum absolute atomic E-state index is 11.4. The average molecular weight is 213 g/mol. The third-order valence-electron chi connectivity index (χ3n) is 2.34. The molecule has 1 aliphatic rings. The summed E-state index contributed by atoms with van der Waals surface area (Å²) in [7, 11) is 0. The summed E-state index contributed by atoms with van der Waals surface area (Å²) in [5.74, 6) is -0.339. The Balaban J connectivity index is 2.69. The van der Waals surface area contributed by atoms with Crippen molar-refractivity contribution in [3.8, 4) is 0 Å². The van der Waals surface area contributed by atoms with E-state index in [9.17, 15) is 9.59 Å². The van der Waals surface area contributed by atoms with E-state index in [0.29, 0.717) is 25.1 Å². The number of esters is 1. The molecule has 5 heteroatoms. The molecule has 1 rings (SSSR count). The van der Waals surface area contributed by atoms with E-state index in [2.05, 4.69) is 0 Å². The number of carbonyl (C=O) groups is 2. The number of hydrogen-bond donors (Lipinski definition) is 1. The molecular formula is C10H15NO4. The molecule has 0 radical (unpaired) electrons. The Labute approximate surface area is 88.3 Å². The highest BCUT2D eigenvalue weighted by Gasteiger charge is 2.25. The second-order valence-corrected chi connectivity index (χ2v) is 3.38. The standard InChI is InChI=1S/C10H15NO4/c1-3-15-9(12)8-4-5-11(10(13)14)7(2)6-8/h6-7H,3-5H2,1-2H3,(H,13,14)/t7-/m0/s1. The fraction of sp³-hybridized carbons (Fsp3) is 0.600. The summed E-state index contributed by atoms with van der Waals surface area (Å²) in [5, 5.41) is 8.82. The van der Waals surface area contributed by atoms with Crippen LogP contribution >= 0.6 is 0 Å². The van der Waals surface area contributed by atoms with Gasteiger partial charge in [-0.05, 0) is 20.3 Å². The number of rotatable bonds is 2. The molecule has 0 aromatic rings. The number of ether oxygens (including phenoxy) is 1. The molecule has 0 fully saturated rings. The lowest BCUT2D eigenvalue weighted by atomic mass is 10.0. The molecule has 0 spiro atoms. The molecule has 0 aliphatic carbocycles. The van der Waals surface area contributed by atoms with Crippen molar-refractivity contribution in [3.63, 3.8) is 0 Å². The van der Waals surface area contributed by atoms with Crippen molar-refractivity contribution >= 4 is 12.1 Å².